The molecular formula is C29H50O7. The van der Waals surface area contributed by atoms with E-state index in [9.17, 15) is 15.0 Å². The van der Waals surface area contributed by atoms with Crippen LogP contribution in [0, 0.1) is 0 Å². The van der Waals surface area contributed by atoms with Crippen molar-refractivity contribution in [2.24, 2.45) is 0 Å². The quantitative estimate of drug-likeness (QED) is 0.0915. The van der Waals surface area contributed by atoms with E-state index in [2.05, 4.69) is 27.7 Å². The minimum Gasteiger partial charge on any atom is -0.502 e. The van der Waals surface area contributed by atoms with Crippen molar-refractivity contribution in [3.05, 3.63) is 5.56 Å². The summed E-state index contributed by atoms with van der Waals surface area (Å²) in [7, 11) is 0. The van der Waals surface area contributed by atoms with Crippen LogP contribution in [0.25, 0.3) is 0 Å². The largest absolute Gasteiger partial charge is 0.511 e. The van der Waals surface area contributed by atoms with Crippen molar-refractivity contribution in [3.63, 3.8) is 0 Å². The van der Waals surface area contributed by atoms with Crippen LogP contribution >= 0.6 is 0 Å². The number of aromatic hydroxyl groups is 1. The summed E-state index contributed by atoms with van der Waals surface area (Å²) in [6.45, 7) is 9.84. The molecule has 7 heteroatoms. The van der Waals surface area contributed by atoms with Crippen LogP contribution < -0.4 is 18.9 Å². The molecule has 0 aliphatic rings. The summed E-state index contributed by atoms with van der Waals surface area (Å²) in [6, 6.07) is 0. The van der Waals surface area contributed by atoms with Crippen molar-refractivity contribution >= 4 is 6.16 Å². The number of hydrogen-bond acceptors (Lipinski definition) is 6. The van der Waals surface area contributed by atoms with E-state index in [1.54, 1.807) is 0 Å². The summed E-state index contributed by atoms with van der Waals surface area (Å²) in [6.07, 6.45) is 13.1. The molecule has 0 fully saturated rings. The summed E-state index contributed by atoms with van der Waals surface area (Å²) in [5.41, 5.74) is 0.522. The maximum Gasteiger partial charge on any atom is 0.511 e. The van der Waals surface area contributed by atoms with Crippen LogP contribution in [0.3, 0.4) is 0 Å². The van der Waals surface area contributed by atoms with Crippen molar-refractivity contribution in [2.45, 2.75) is 124 Å². The Morgan fingerprint density at radius 2 is 1.03 bits per heavy atom. The molecule has 0 saturated heterocycles. The third kappa shape index (κ3) is 11.6. The third-order valence-corrected chi connectivity index (χ3v) is 6.09. The molecule has 1 aromatic carbocycles. The van der Waals surface area contributed by atoms with Crippen LogP contribution in [0.5, 0.6) is 28.7 Å². The Hall–Kier alpha value is -2.31. The van der Waals surface area contributed by atoms with E-state index < -0.39 is 6.16 Å². The molecule has 1 aromatic rings. The van der Waals surface area contributed by atoms with Gasteiger partial charge in [0.25, 0.3) is 0 Å². The number of unbranched alkanes of at least 4 members (excludes halogenated alkanes) is 10. The topological polar surface area (TPSA) is 94.5 Å². The van der Waals surface area contributed by atoms with Crippen LogP contribution in [0.15, 0.2) is 0 Å². The first-order valence-electron chi connectivity index (χ1n) is 14.2. The predicted molar refractivity (Wildman–Crippen MR) is 144 cm³/mol. The van der Waals surface area contributed by atoms with Gasteiger partial charge < -0.3 is 29.2 Å². The number of phenols is 1. The highest BCUT2D eigenvalue weighted by Crippen LogP contribution is 2.54. The number of carbonyl (C=O) groups is 1. The minimum absolute atomic E-state index is 0.110. The standard InChI is InChI=1S/C29H50O7/c1-5-9-13-16-20-33-26-23(19-12-8-4)25(36-29(31)32)24(30)27(34-21-17-14-10-6-2)28(26)35-22-18-15-11-7-3/h30H,5-22H2,1-4H3,(H,31,32). The van der Waals surface area contributed by atoms with Gasteiger partial charge >= 0.3 is 6.16 Å². The molecule has 36 heavy (non-hydrogen) atoms. The molecule has 0 amide bonds. The first-order chi connectivity index (χ1) is 17.5. The Balaban J connectivity index is 3.43. The third-order valence-electron chi connectivity index (χ3n) is 6.09. The molecule has 0 radical (unpaired) electrons. The van der Waals surface area contributed by atoms with E-state index >= 15 is 0 Å². The van der Waals surface area contributed by atoms with Crippen LogP contribution in [0.4, 0.5) is 4.79 Å². The lowest BCUT2D eigenvalue weighted by Gasteiger charge is -2.23. The fourth-order valence-corrected chi connectivity index (χ4v) is 4.00. The smallest absolute Gasteiger partial charge is 0.502 e. The lowest BCUT2D eigenvalue weighted by Crippen LogP contribution is -2.12. The number of hydrogen-bond donors (Lipinski definition) is 2. The Morgan fingerprint density at radius 3 is 1.47 bits per heavy atom. The van der Waals surface area contributed by atoms with Crippen molar-refractivity contribution < 1.29 is 34.0 Å². The average molecular weight is 511 g/mol. The second-order valence-electron chi connectivity index (χ2n) is 9.34. The highest BCUT2D eigenvalue weighted by Gasteiger charge is 2.30. The molecule has 0 aliphatic heterocycles. The molecule has 0 spiro atoms. The first-order valence-corrected chi connectivity index (χ1v) is 14.2. The molecule has 0 heterocycles. The minimum atomic E-state index is -1.49. The van der Waals surface area contributed by atoms with E-state index in [4.69, 9.17) is 18.9 Å². The fourth-order valence-electron chi connectivity index (χ4n) is 4.00. The van der Waals surface area contributed by atoms with Gasteiger partial charge in [-0.3, -0.25) is 0 Å². The van der Waals surface area contributed by atoms with Crippen molar-refractivity contribution in [2.75, 3.05) is 19.8 Å². The maximum atomic E-state index is 11.5. The van der Waals surface area contributed by atoms with Gasteiger partial charge in [-0.2, -0.15) is 0 Å². The molecule has 208 valence electrons. The zero-order valence-electron chi connectivity index (χ0n) is 23.2. The Bertz CT molecular complexity index is 733. The van der Waals surface area contributed by atoms with Gasteiger partial charge in [0, 0.05) is 5.56 Å². The summed E-state index contributed by atoms with van der Waals surface area (Å²) in [4.78, 5) is 11.5. The maximum absolute atomic E-state index is 11.5. The van der Waals surface area contributed by atoms with E-state index in [-0.39, 0.29) is 17.2 Å². The summed E-state index contributed by atoms with van der Waals surface area (Å²) in [5, 5.41) is 20.6. The van der Waals surface area contributed by atoms with E-state index in [0.29, 0.717) is 43.3 Å². The Kier molecular flexibility index (Phi) is 17.5. The van der Waals surface area contributed by atoms with Gasteiger partial charge in [0.1, 0.15) is 0 Å². The van der Waals surface area contributed by atoms with E-state index in [0.717, 1.165) is 89.9 Å². The molecular weight excluding hydrogens is 460 g/mol. The highest BCUT2D eigenvalue weighted by molar-refractivity contribution is 5.73. The van der Waals surface area contributed by atoms with Gasteiger partial charge in [-0.15, -0.1) is 0 Å². The summed E-state index contributed by atoms with van der Waals surface area (Å²) >= 11 is 0. The number of phenolic OH excluding ortho intramolecular Hbond substituents is 1. The van der Waals surface area contributed by atoms with Crippen molar-refractivity contribution in [1.29, 1.82) is 0 Å². The summed E-state index contributed by atoms with van der Waals surface area (Å²) in [5.74, 6) is 0.469. The number of benzene rings is 1. The van der Waals surface area contributed by atoms with Gasteiger partial charge in [-0.05, 0) is 32.1 Å². The Labute approximate surface area is 218 Å². The molecule has 0 atom stereocenters. The molecule has 0 unspecified atom stereocenters. The zero-order chi connectivity index (χ0) is 26.6. The fraction of sp³-hybridized carbons (Fsp3) is 0.759. The zero-order valence-corrected chi connectivity index (χ0v) is 23.2. The molecule has 7 nitrogen and oxygen atoms in total. The van der Waals surface area contributed by atoms with Gasteiger partial charge in [-0.25, -0.2) is 4.79 Å². The van der Waals surface area contributed by atoms with Crippen LogP contribution in [0.1, 0.15) is 123 Å². The number of ether oxygens (including phenoxy) is 4. The number of rotatable bonds is 22. The van der Waals surface area contributed by atoms with Gasteiger partial charge in [0.15, 0.2) is 11.5 Å². The monoisotopic (exact) mass is 510 g/mol. The SMILES string of the molecule is CCCCCCOc1c(O)c(OC(=O)O)c(CCCC)c(OCCCCCC)c1OCCCCCC. The second kappa shape index (κ2) is 19.8. The molecule has 0 aliphatic carbocycles. The molecule has 2 N–H and O–H groups in total. The second-order valence-corrected chi connectivity index (χ2v) is 9.34. The van der Waals surface area contributed by atoms with Crippen molar-refractivity contribution in [1.82, 2.24) is 0 Å². The lowest BCUT2D eigenvalue weighted by atomic mass is 10.0. The molecule has 0 saturated carbocycles. The van der Waals surface area contributed by atoms with Crippen molar-refractivity contribution in [3.8, 4) is 28.7 Å². The average Bonchev–Trinajstić information content (AvgIpc) is 2.86. The van der Waals surface area contributed by atoms with Gasteiger partial charge in [-0.1, -0.05) is 91.9 Å². The molecule has 0 bridgehead atoms. The van der Waals surface area contributed by atoms with Gasteiger partial charge in [0.2, 0.25) is 17.2 Å². The van der Waals surface area contributed by atoms with Crippen LogP contribution in [-0.2, 0) is 6.42 Å². The predicted octanol–water partition coefficient (Wildman–Crippen LogP) is 8.67. The van der Waals surface area contributed by atoms with Gasteiger partial charge in [0.05, 0.1) is 19.8 Å². The van der Waals surface area contributed by atoms with Crippen LogP contribution in [0.2, 0.25) is 0 Å². The molecule has 0 aromatic heterocycles. The molecule has 1 rings (SSSR count). The normalized spacial score (nSPS) is 10.9. The first kappa shape index (κ1) is 31.7. The van der Waals surface area contributed by atoms with E-state index in [1.807, 2.05) is 0 Å². The number of carboxylic acid groups (broad SMARTS) is 1. The highest BCUT2D eigenvalue weighted by atomic mass is 16.7. The summed E-state index contributed by atoms with van der Waals surface area (Å²) < 4.78 is 23.6. The van der Waals surface area contributed by atoms with E-state index in [1.165, 1.54) is 0 Å². The Morgan fingerprint density at radius 1 is 0.583 bits per heavy atom. The lowest BCUT2D eigenvalue weighted by molar-refractivity contribution is 0.141. The van der Waals surface area contributed by atoms with Crippen LogP contribution in [-0.4, -0.2) is 36.2 Å².